The highest BCUT2D eigenvalue weighted by Crippen LogP contribution is 2.18. The van der Waals surface area contributed by atoms with Gasteiger partial charge >= 0.3 is 0 Å². The van der Waals surface area contributed by atoms with Gasteiger partial charge in [0.05, 0.1) is 17.0 Å². The molecule has 0 unspecified atom stereocenters. The molecule has 0 saturated heterocycles. The third-order valence-corrected chi connectivity index (χ3v) is 3.68. The number of aryl methyl sites for hydroxylation is 1. The number of amides is 1. The standard InChI is InChI=1S/C16H27N5O3/c1-12(2)7-9-20-11-13(21(23)24)10-14(20)16(22)19-8-5-3-4-6-15(17)18/h10-12H,3-9H2,1-2H3,(H3,17,18)(H,19,22). The van der Waals surface area contributed by atoms with Crippen LogP contribution in [0.1, 0.15) is 56.4 Å². The second-order valence-corrected chi connectivity index (χ2v) is 6.31. The molecule has 0 radical (unpaired) electrons. The lowest BCUT2D eigenvalue weighted by atomic mass is 10.1. The summed E-state index contributed by atoms with van der Waals surface area (Å²) < 4.78 is 1.66. The third kappa shape index (κ3) is 6.80. The first kappa shape index (κ1) is 19.7. The maximum Gasteiger partial charge on any atom is 0.287 e. The molecule has 0 fully saturated rings. The molecule has 1 amide bonds. The minimum absolute atomic E-state index is 0.0645. The Balaban J connectivity index is 2.57. The Labute approximate surface area is 142 Å². The Morgan fingerprint density at radius 2 is 2.12 bits per heavy atom. The van der Waals surface area contributed by atoms with Crippen LogP contribution in [0.2, 0.25) is 0 Å². The van der Waals surface area contributed by atoms with E-state index >= 15 is 0 Å². The van der Waals surface area contributed by atoms with Crippen molar-refractivity contribution in [3.63, 3.8) is 0 Å². The predicted molar refractivity (Wildman–Crippen MR) is 93.3 cm³/mol. The number of nitrogens with two attached hydrogens (primary N) is 1. The molecule has 8 nitrogen and oxygen atoms in total. The summed E-state index contributed by atoms with van der Waals surface area (Å²) in [6.45, 7) is 5.21. The Kier molecular flexibility index (Phi) is 7.94. The highest BCUT2D eigenvalue weighted by Gasteiger charge is 2.19. The lowest BCUT2D eigenvalue weighted by Crippen LogP contribution is -2.27. The first-order valence-corrected chi connectivity index (χ1v) is 8.27. The Morgan fingerprint density at radius 3 is 2.71 bits per heavy atom. The normalized spacial score (nSPS) is 10.8. The quantitative estimate of drug-likeness (QED) is 0.188. The second-order valence-electron chi connectivity index (χ2n) is 6.31. The van der Waals surface area contributed by atoms with Crippen LogP contribution in [-0.4, -0.2) is 27.8 Å². The molecule has 0 atom stereocenters. The molecule has 1 heterocycles. The molecule has 24 heavy (non-hydrogen) atoms. The molecule has 134 valence electrons. The average molecular weight is 337 g/mol. The van der Waals surface area contributed by atoms with Crippen molar-refractivity contribution in [2.24, 2.45) is 11.7 Å². The van der Waals surface area contributed by atoms with E-state index in [4.69, 9.17) is 11.1 Å². The summed E-state index contributed by atoms with van der Waals surface area (Å²) in [5.74, 6) is 0.330. The van der Waals surface area contributed by atoms with Gasteiger partial charge in [0.2, 0.25) is 0 Å². The summed E-state index contributed by atoms with van der Waals surface area (Å²) in [7, 11) is 0. The van der Waals surface area contributed by atoms with Crippen molar-refractivity contribution < 1.29 is 9.72 Å². The molecule has 1 aromatic rings. The molecular formula is C16H27N5O3. The van der Waals surface area contributed by atoms with E-state index in [1.165, 1.54) is 12.3 Å². The molecule has 0 aromatic carbocycles. The fourth-order valence-electron chi connectivity index (χ4n) is 2.28. The molecule has 0 bridgehead atoms. The van der Waals surface area contributed by atoms with E-state index in [1.807, 2.05) is 0 Å². The number of aromatic nitrogens is 1. The van der Waals surface area contributed by atoms with Crippen molar-refractivity contribution in [2.75, 3.05) is 6.54 Å². The fraction of sp³-hybridized carbons (Fsp3) is 0.625. The summed E-state index contributed by atoms with van der Waals surface area (Å²) in [6.07, 6.45) is 5.31. The number of nitro groups is 1. The predicted octanol–water partition coefficient (Wildman–Crippen LogP) is 2.67. The number of hydrogen-bond acceptors (Lipinski definition) is 4. The molecule has 0 saturated carbocycles. The van der Waals surface area contributed by atoms with Gasteiger partial charge in [-0.3, -0.25) is 20.3 Å². The molecule has 0 aliphatic heterocycles. The number of carbonyl (C=O) groups excluding carboxylic acids is 1. The maximum atomic E-state index is 12.3. The lowest BCUT2D eigenvalue weighted by molar-refractivity contribution is -0.384. The summed E-state index contributed by atoms with van der Waals surface area (Å²) in [5.41, 5.74) is 5.54. The van der Waals surface area contributed by atoms with E-state index < -0.39 is 4.92 Å². The van der Waals surface area contributed by atoms with Gasteiger partial charge in [0, 0.05) is 25.6 Å². The van der Waals surface area contributed by atoms with Crippen molar-refractivity contribution in [1.82, 2.24) is 9.88 Å². The van der Waals surface area contributed by atoms with Crippen LogP contribution in [0, 0.1) is 21.4 Å². The van der Waals surface area contributed by atoms with Crippen molar-refractivity contribution in [3.8, 4) is 0 Å². The average Bonchev–Trinajstić information content (AvgIpc) is 2.92. The van der Waals surface area contributed by atoms with Crippen molar-refractivity contribution in [3.05, 3.63) is 28.1 Å². The van der Waals surface area contributed by atoms with Crippen molar-refractivity contribution in [1.29, 1.82) is 5.41 Å². The van der Waals surface area contributed by atoms with Crippen LogP contribution >= 0.6 is 0 Å². The topological polar surface area (TPSA) is 127 Å². The van der Waals surface area contributed by atoms with E-state index in [1.54, 1.807) is 4.57 Å². The van der Waals surface area contributed by atoms with Gasteiger partial charge < -0.3 is 15.6 Å². The number of hydrogen-bond donors (Lipinski definition) is 3. The van der Waals surface area contributed by atoms with Crippen LogP contribution in [0.15, 0.2) is 12.3 Å². The molecule has 1 rings (SSSR count). The number of amidine groups is 1. The van der Waals surface area contributed by atoms with Gasteiger partial charge in [-0.2, -0.15) is 0 Å². The van der Waals surface area contributed by atoms with Gasteiger partial charge in [-0.25, -0.2) is 0 Å². The van der Waals surface area contributed by atoms with Crippen LogP contribution in [0.25, 0.3) is 0 Å². The highest BCUT2D eigenvalue weighted by molar-refractivity contribution is 5.93. The lowest BCUT2D eigenvalue weighted by Gasteiger charge is -2.10. The molecular weight excluding hydrogens is 310 g/mol. The number of nitrogens with one attached hydrogen (secondary N) is 2. The second kappa shape index (κ2) is 9.69. The van der Waals surface area contributed by atoms with E-state index in [2.05, 4.69) is 19.2 Å². The van der Waals surface area contributed by atoms with Crippen LogP contribution < -0.4 is 11.1 Å². The van der Waals surface area contributed by atoms with Crippen LogP contribution in [0.3, 0.4) is 0 Å². The van der Waals surface area contributed by atoms with E-state index in [-0.39, 0.29) is 17.4 Å². The Bertz CT molecular complexity index is 580. The van der Waals surface area contributed by atoms with Gasteiger partial charge in [-0.05, 0) is 25.2 Å². The van der Waals surface area contributed by atoms with Crippen LogP contribution in [0.5, 0.6) is 0 Å². The summed E-state index contributed by atoms with van der Waals surface area (Å²) in [6, 6.07) is 1.32. The summed E-state index contributed by atoms with van der Waals surface area (Å²) in [4.78, 5) is 22.7. The zero-order chi connectivity index (χ0) is 18.1. The van der Waals surface area contributed by atoms with Crippen molar-refractivity contribution in [2.45, 2.75) is 52.5 Å². The van der Waals surface area contributed by atoms with Crippen LogP contribution in [0.4, 0.5) is 5.69 Å². The van der Waals surface area contributed by atoms with Gasteiger partial charge in [0.1, 0.15) is 5.69 Å². The van der Waals surface area contributed by atoms with Gasteiger partial charge in [0.25, 0.3) is 11.6 Å². The first-order chi connectivity index (χ1) is 11.3. The molecule has 4 N–H and O–H groups in total. The maximum absolute atomic E-state index is 12.3. The molecule has 0 aliphatic carbocycles. The molecule has 8 heteroatoms. The minimum atomic E-state index is -0.482. The van der Waals surface area contributed by atoms with E-state index in [0.717, 1.165) is 25.7 Å². The summed E-state index contributed by atoms with van der Waals surface area (Å²) >= 11 is 0. The number of unbranched alkanes of at least 4 members (excludes halogenated alkanes) is 2. The fourth-order valence-corrected chi connectivity index (χ4v) is 2.28. The monoisotopic (exact) mass is 337 g/mol. The highest BCUT2D eigenvalue weighted by atomic mass is 16.6. The van der Waals surface area contributed by atoms with E-state index in [9.17, 15) is 14.9 Å². The number of carbonyl (C=O) groups is 1. The largest absolute Gasteiger partial charge is 0.388 e. The SMILES string of the molecule is CC(C)CCn1cc([N+](=O)[O-])cc1C(=O)NCCCCCC(=N)N. The van der Waals surface area contributed by atoms with Gasteiger partial charge in [-0.1, -0.05) is 20.3 Å². The summed E-state index contributed by atoms with van der Waals surface area (Å²) in [5, 5.41) is 20.9. The third-order valence-electron chi connectivity index (χ3n) is 3.68. The zero-order valence-electron chi connectivity index (χ0n) is 14.4. The first-order valence-electron chi connectivity index (χ1n) is 8.27. The van der Waals surface area contributed by atoms with Gasteiger partial charge in [0.15, 0.2) is 0 Å². The molecule has 0 spiro atoms. The smallest absolute Gasteiger partial charge is 0.287 e. The van der Waals surface area contributed by atoms with E-state index in [0.29, 0.717) is 31.1 Å². The Morgan fingerprint density at radius 1 is 1.42 bits per heavy atom. The minimum Gasteiger partial charge on any atom is -0.388 e. The zero-order valence-corrected chi connectivity index (χ0v) is 14.4. The number of nitrogens with zero attached hydrogens (tertiary/aromatic N) is 2. The van der Waals surface area contributed by atoms with Crippen LogP contribution in [-0.2, 0) is 6.54 Å². The Hall–Kier alpha value is -2.38. The number of rotatable bonds is 11. The van der Waals surface area contributed by atoms with Gasteiger partial charge in [-0.15, -0.1) is 0 Å². The molecule has 1 aromatic heterocycles. The van der Waals surface area contributed by atoms with Crippen molar-refractivity contribution >= 4 is 17.4 Å². The molecule has 0 aliphatic rings.